The molecule has 0 rings (SSSR count). The van der Waals surface area contributed by atoms with Crippen molar-refractivity contribution in [3.63, 3.8) is 0 Å². The fourth-order valence-corrected chi connectivity index (χ4v) is 0.854. The largest absolute Gasteiger partial charge is 0.465 e. The first-order valence-electron chi connectivity index (χ1n) is 3.27. The van der Waals surface area contributed by atoms with Gasteiger partial charge in [-0.3, -0.25) is 14.7 Å². The minimum atomic E-state index is -4.05. The van der Waals surface area contributed by atoms with Crippen LogP contribution in [0.2, 0.25) is 0 Å². The summed E-state index contributed by atoms with van der Waals surface area (Å²) in [6, 6.07) is 0. The normalized spacial score (nSPS) is 11.2. The number of ether oxygens (including phenoxy) is 1. The molecular formula is C5H11NO5S. The van der Waals surface area contributed by atoms with E-state index in [-0.39, 0.29) is 13.2 Å². The standard InChI is InChI=1S/C5H11NO5S/c1-2-11-5(7)3-6-4-12(8,9)10/h6H,2-4H2,1H3,(H,8,9,10). The zero-order chi connectivity index (χ0) is 9.61. The first-order valence-corrected chi connectivity index (χ1v) is 4.88. The monoisotopic (exact) mass is 197 g/mol. The second-order valence-corrected chi connectivity index (χ2v) is 3.41. The molecule has 0 aliphatic rings. The first kappa shape index (κ1) is 11.3. The summed E-state index contributed by atoms with van der Waals surface area (Å²) in [5.74, 6) is -1.20. The van der Waals surface area contributed by atoms with Gasteiger partial charge in [0.15, 0.2) is 0 Å². The van der Waals surface area contributed by atoms with E-state index in [4.69, 9.17) is 4.55 Å². The molecule has 0 aliphatic carbocycles. The summed E-state index contributed by atoms with van der Waals surface area (Å²) in [5.41, 5.74) is 0. The van der Waals surface area contributed by atoms with Crippen LogP contribution in [0, 0.1) is 0 Å². The van der Waals surface area contributed by atoms with E-state index in [0.717, 1.165) is 0 Å². The summed E-state index contributed by atoms with van der Waals surface area (Å²) in [7, 11) is -4.05. The lowest BCUT2D eigenvalue weighted by Crippen LogP contribution is -2.29. The number of carbonyl (C=O) groups excluding carboxylic acids is 1. The maximum Gasteiger partial charge on any atom is 0.319 e. The van der Waals surface area contributed by atoms with Crippen molar-refractivity contribution in [1.82, 2.24) is 5.32 Å². The van der Waals surface area contributed by atoms with E-state index < -0.39 is 22.0 Å². The van der Waals surface area contributed by atoms with Crippen molar-refractivity contribution in [1.29, 1.82) is 0 Å². The van der Waals surface area contributed by atoms with Gasteiger partial charge < -0.3 is 4.74 Å². The summed E-state index contributed by atoms with van der Waals surface area (Å²) in [6.45, 7) is 1.65. The summed E-state index contributed by atoms with van der Waals surface area (Å²) in [6.07, 6.45) is 0. The molecule has 6 nitrogen and oxygen atoms in total. The van der Waals surface area contributed by atoms with Crippen molar-refractivity contribution in [2.75, 3.05) is 19.0 Å². The molecule has 0 amide bonds. The SMILES string of the molecule is CCOC(=O)CNCS(=O)(=O)O. The van der Waals surface area contributed by atoms with Crippen molar-refractivity contribution in [2.24, 2.45) is 0 Å². The van der Waals surface area contributed by atoms with Crippen molar-refractivity contribution < 1.29 is 22.5 Å². The molecule has 0 aliphatic heterocycles. The Bertz CT molecular complexity index is 234. The Kier molecular flexibility index (Phi) is 4.79. The van der Waals surface area contributed by atoms with E-state index in [9.17, 15) is 13.2 Å². The van der Waals surface area contributed by atoms with Gasteiger partial charge in [-0.15, -0.1) is 0 Å². The van der Waals surface area contributed by atoms with Crippen LogP contribution in [0.4, 0.5) is 0 Å². The van der Waals surface area contributed by atoms with E-state index in [2.05, 4.69) is 10.1 Å². The third kappa shape index (κ3) is 7.45. The number of esters is 1. The molecule has 0 aromatic rings. The molecule has 0 unspecified atom stereocenters. The average molecular weight is 197 g/mol. The predicted molar refractivity (Wildman–Crippen MR) is 41.1 cm³/mol. The molecule has 0 atom stereocenters. The molecule has 0 saturated heterocycles. The van der Waals surface area contributed by atoms with Crippen LogP contribution in [0.25, 0.3) is 0 Å². The Balaban J connectivity index is 3.51. The number of hydrogen-bond acceptors (Lipinski definition) is 5. The zero-order valence-corrected chi connectivity index (χ0v) is 7.43. The number of hydrogen-bond donors (Lipinski definition) is 2. The Morgan fingerprint density at radius 3 is 2.58 bits per heavy atom. The number of nitrogens with one attached hydrogen (secondary N) is 1. The van der Waals surface area contributed by atoms with Gasteiger partial charge in [-0.05, 0) is 6.92 Å². The smallest absolute Gasteiger partial charge is 0.319 e. The minimum Gasteiger partial charge on any atom is -0.465 e. The molecule has 0 bridgehead atoms. The molecule has 2 N–H and O–H groups in total. The molecule has 0 spiro atoms. The zero-order valence-electron chi connectivity index (χ0n) is 6.61. The van der Waals surface area contributed by atoms with Crippen LogP contribution < -0.4 is 5.32 Å². The van der Waals surface area contributed by atoms with Crippen molar-refractivity contribution in [3.8, 4) is 0 Å². The van der Waals surface area contributed by atoms with Crippen LogP contribution in [0.1, 0.15) is 6.92 Å². The lowest BCUT2D eigenvalue weighted by atomic mass is 10.6. The van der Waals surface area contributed by atoms with Gasteiger partial charge in [0.2, 0.25) is 0 Å². The Morgan fingerprint density at radius 2 is 2.17 bits per heavy atom. The maximum absolute atomic E-state index is 10.6. The number of carbonyl (C=O) groups is 1. The van der Waals surface area contributed by atoms with Crippen molar-refractivity contribution in [3.05, 3.63) is 0 Å². The van der Waals surface area contributed by atoms with Crippen LogP contribution in [0.15, 0.2) is 0 Å². The highest BCUT2D eigenvalue weighted by Gasteiger charge is 2.05. The Labute approximate surface area is 70.7 Å². The molecule has 0 heterocycles. The van der Waals surface area contributed by atoms with Crippen LogP contribution in [0.3, 0.4) is 0 Å². The second-order valence-electron chi connectivity index (χ2n) is 1.96. The third-order valence-electron chi connectivity index (χ3n) is 0.859. The van der Waals surface area contributed by atoms with Crippen LogP contribution >= 0.6 is 0 Å². The van der Waals surface area contributed by atoms with Gasteiger partial charge >= 0.3 is 5.97 Å². The topological polar surface area (TPSA) is 92.7 Å². The van der Waals surface area contributed by atoms with Gasteiger partial charge in [-0.25, -0.2) is 0 Å². The van der Waals surface area contributed by atoms with E-state index in [1.165, 1.54) is 0 Å². The highest BCUT2D eigenvalue weighted by atomic mass is 32.2. The highest BCUT2D eigenvalue weighted by Crippen LogP contribution is 1.78. The quantitative estimate of drug-likeness (QED) is 0.433. The van der Waals surface area contributed by atoms with Gasteiger partial charge in [0.1, 0.15) is 5.88 Å². The number of rotatable bonds is 5. The van der Waals surface area contributed by atoms with E-state index >= 15 is 0 Å². The van der Waals surface area contributed by atoms with E-state index in [1.807, 2.05) is 0 Å². The van der Waals surface area contributed by atoms with Gasteiger partial charge in [-0.1, -0.05) is 0 Å². The molecule has 0 fully saturated rings. The fraction of sp³-hybridized carbons (Fsp3) is 0.800. The molecule has 0 radical (unpaired) electrons. The van der Waals surface area contributed by atoms with E-state index in [0.29, 0.717) is 0 Å². The van der Waals surface area contributed by atoms with Crippen molar-refractivity contribution in [2.45, 2.75) is 6.92 Å². The second kappa shape index (κ2) is 5.07. The first-order chi connectivity index (χ1) is 5.45. The lowest BCUT2D eigenvalue weighted by molar-refractivity contribution is -0.141. The highest BCUT2D eigenvalue weighted by molar-refractivity contribution is 7.85. The summed E-state index contributed by atoms with van der Waals surface area (Å²) >= 11 is 0. The van der Waals surface area contributed by atoms with Crippen LogP contribution in [-0.4, -0.2) is 38.0 Å². The fourth-order valence-electron chi connectivity index (χ4n) is 0.494. The molecule has 0 saturated carbocycles. The Morgan fingerprint density at radius 1 is 1.58 bits per heavy atom. The van der Waals surface area contributed by atoms with Crippen LogP contribution in [0.5, 0.6) is 0 Å². The molecular weight excluding hydrogens is 186 g/mol. The molecule has 72 valence electrons. The van der Waals surface area contributed by atoms with E-state index in [1.54, 1.807) is 6.92 Å². The van der Waals surface area contributed by atoms with Crippen LogP contribution in [-0.2, 0) is 19.6 Å². The summed E-state index contributed by atoms with van der Waals surface area (Å²) in [5, 5.41) is 2.20. The van der Waals surface area contributed by atoms with Gasteiger partial charge in [-0.2, -0.15) is 8.42 Å². The van der Waals surface area contributed by atoms with Crippen molar-refractivity contribution >= 4 is 16.1 Å². The molecule has 0 aromatic heterocycles. The summed E-state index contributed by atoms with van der Waals surface area (Å²) in [4.78, 5) is 10.6. The molecule has 0 aromatic carbocycles. The summed E-state index contributed by atoms with van der Waals surface area (Å²) < 4.78 is 32.9. The van der Waals surface area contributed by atoms with Gasteiger partial charge in [0.25, 0.3) is 10.1 Å². The average Bonchev–Trinajstić information content (AvgIpc) is 1.84. The molecule has 12 heavy (non-hydrogen) atoms. The maximum atomic E-state index is 10.6. The lowest BCUT2D eigenvalue weighted by Gasteiger charge is -2.01. The Hall–Kier alpha value is -0.660. The predicted octanol–water partition coefficient (Wildman–Crippen LogP) is -1.02. The third-order valence-corrected chi connectivity index (χ3v) is 1.43. The van der Waals surface area contributed by atoms with Gasteiger partial charge in [0, 0.05) is 0 Å². The van der Waals surface area contributed by atoms with Gasteiger partial charge in [0.05, 0.1) is 13.2 Å². The minimum absolute atomic E-state index is 0.229. The molecule has 7 heteroatoms.